The maximum atomic E-state index is 12.7. The highest BCUT2D eigenvalue weighted by atomic mass is 32.1. The SMILES string of the molecule is CC(=O)OCC(=O)C1CCC2C3CCC4=CC(=O)C=CC4(C)C3=CCC12C.c1ccsc1. The standard InChI is InChI=1S/C23H28O4.C4H4S/c1-14(24)27-13-21(26)20-7-6-18-17-5-4-15-12-16(25)8-10-22(15,2)19(17)9-11-23(18,20)3;1-2-4-5-3-1/h8-10,12,17-18,20H,4-7,11,13H2,1-3H3;1-4H. The zero-order valence-electron chi connectivity index (χ0n) is 19.1. The second-order valence-corrected chi connectivity index (χ2v) is 10.7. The monoisotopic (exact) mass is 452 g/mol. The Labute approximate surface area is 194 Å². The van der Waals surface area contributed by atoms with Gasteiger partial charge in [-0.2, -0.15) is 11.3 Å². The van der Waals surface area contributed by atoms with Crippen LogP contribution < -0.4 is 0 Å². The van der Waals surface area contributed by atoms with E-state index in [-0.39, 0.29) is 34.9 Å². The molecule has 0 N–H and O–H groups in total. The van der Waals surface area contributed by atoms with Gasteiger partial charge in [0.15, 0.2) is 11.6 Å². The van der Waals surface area contributed by atoms with Crippen LogP contribution in [0, 0.1) is 28.6 Å². The van der Waals surface area contributed by atoms with Gasteiger partial charge in [-0.3, -0.25) is 14.4 Å². The molecule has 1 aromatic rings. The van der Waals surface area contributed by atoms with Crippen LogP contribution in [0.4, 0.5) is 0 Å². The predicted octanol–water partition coefficient (Wildman–Crippen LogP) is 5.71. The van der Waals surface area contributed by atoms with Gasteiger partial charge in [0.05, 0.1) is 0 Å². The van der Waals surface area contributed by atoms with Crippen LogP contribution in [0.5, 0.6) is 0 Å². The van der Waals surface area contributed by atoms with Gasteiger partial charge in [-0.05, 0) is 79.2 Å². The summed E-state index contributed by atoms with van der Waals surface area (Å²) in [4.78, 5) is 35.7. The van der Waals surface area contributed by atoms with Crippen molar-refractivity contribution in [1.29, 1.82) is 0 Å². The lowest BCUT2D eigenvalue weighted by atomic mass is 9.52. The van der Waals surface area contributed by atoms with E-state index in [1.54, 1.807) is 17.4 Å². The fraction of sp³-hybridized carbons (Fsp3) is 0.519. The van der Waals surface area contributed by atoms with E-state index in [1.807, 2.05) is 29.0 Å². The Morgan fingerprint density at radius 1 is 1.16 bits per heavy atom. The van der Waals surface area contributed by atoms with Crippen molar-refractivity contribution in [3.05, 3.63) is 58.3 Å². The van der Waals surface area contributed by atoms with Gasteiger partial charge in [-0.15, -0.1) is 0 Å². The van der Waals surface area contributed by atoms with Crippen molar-refractivity contribution in [3.8, 4) is 0 Å². The van der Waals surface area contributed by atoms with Crippen molar-refractivity contribution in [1.82, 2.24) is 0 Å². The van der Waals surface area contributed by atoms with Crippen molar-refractivity contribution >= 4 is 28.9 Å². The van der Waals surface area contributed by atoms with Crippen molar-refractivity contribution < 1.29 is 19.1 Å². The summed E-state index contributed by atoms with van der Waals surface area (Å²) in [5.41, 5.74) is 2.48. The largest absolute Gasteiger partial charge is 0.458 e. The molecule has 5 rings (SSSR count). The molecule has 32 heavy (non-hydrogen) atoms. The molecule has 0 amide bonds. The summed E-state index contributed by atoms with van der Waals surface area (Å²) in [6.45, 7) is 5.74. The number of allylic oxidation sites excluding steroid dienone is 6. The van der Waals surface area contributed by atoms with Gasteiger partial charge in [-0.25, -0.2) is 0 Å². The number of Topliss-reactive ketones (excluding diaryl/α,β-unsaturated/α-hetero) is 1. The highest BCUT2D eigenvalue weighted by molar-refractivity contribution is 7.07. The molecule has 5 atom stereocenters. The first kappa shape index (κ1) is 22.9. The summed E-state index contributed by atoms with van der Waals surface area (Å²) in [6, 6.07) is 4.04. The average molecular weight is 453 g/mol. The second kappa shape index (κ2) is 8.93. The van der Waals surface area contributed by atoms with Gasteiger partial charge in [0.25, 0.3) is 0 Å². The molecule has 0 radical (unpaired) electrons. The molecule has 0 aliphatic heterocycles. The number of carbonyl (C=O) groups is 3. The summed E-state index contributed by atoms with van der Waals surface area (Å²) in [5.74, 6) is 0.681. The van der Waals surface area contributed by atoms with Gasteiger partial charge in [0, 0.05) is 18.3 Å². The third-order valence-electron chi connectivity index (χ3n) is 8.18. The highest BCUT2D eigenvalue weighted by Gasteiger charge is 2.56. The molecule has 4 aliphatic rings. The number of ketones is 2. The molecular formula is C27H32O4S. The second-order valence-electron chi connectivity index (χ2n) is 9.90. The lowest BCUT2D eigenvalue weighted by Gasteiger charge is -2.52. The minimum Gasteiger partial charge on any atom is -0.458 e. The fourth-order valence-electron chi connectivity index (χ4n) is 6.55. The van der Waals surface area contributed by atoms with E-state index in [0.29, 0.717) is 11.8 Å². The zero-order valence-corrected chi connectivity index (χ0v) is 20.0. The summed E-state index contributed by atoms with van der Waals surface area (Å²) in [6.07, 6.45) is 12.8. The van der Waals surface area contributed by atoms with Gasteiger partial charge >= 0.3 is 5.97 Å². The Morgan fingerprint density at radius 3 is 2.56 bits per heavy atom. The third-order valence-corrected chi connectivity index (χ3v) is 8.81. The Kier molecular flexibility index (Phi) is 6.39. The molecule has 2 saturated carbocycles. The summed E-state index contributed by atoms with van der Waals surface area (Å²) in [5, 5.41) is 4.08. The number of hydrogen-bond acceptors (Lipinski definition) is 5. The summed E-state index contributed by atoms with van der Waals surface area (Å²) >= 11 is 1.71. The summed E-state index contributed by atoms with van der Waals surface area (Å²) < 4.78 is 4.99. The van der Waals surface area contributed by atoms with Crippen LogP contribution in [0.1, 0.15) is 52.9 Å². The van der Waals surface area contributed by atoms with Gasteiger partial charge in [0.1, 0.15) is 6.61 Å². The number of thiophene rings is 1. The molecule has 4 aliphatic carbocycles. The first-order chi connectivity index (χ1) is 15.3. The number of hydrogen-bond donors (Lipinski definition) is 0. The molecule has 0 saturated heterocycles. The van der Waals surface area contributed by atoms with E-state index in [9.17, 15) is 14.4 Å². The Balaban J connectivity index is 0.000000433. The van der Waals surface area contributed by atoms with Crippen LogP contribution in [-0.2, 0) is 19.1 Å². The van der Waals surface area contributed by atoms with Crippen molar-refractivity contribution in [3.63, 3.8) is 0 Å². The van der Waals surface area contributed by atoms with Crippen LogP contribution in [0.2, 0.25) is 0 Å². The van der Waals surface area contributed by atoms with Gasteiger partial charge in [0.2, 0.25) is 0 Å². The van der Waals surface area contributed by atoms with Crippen LogP contribution >= 0.6 is 11.3 Å². The molecule has 1 heterocycles. The molecule has 5 unspecified atom stereocenters. The smallest absolute Gasteiger partial charge is 0.303 e. The quantitative estimate of drug-likeness (QED) is 0.435. The molecule has 170 valence electrons. The van der Waals surface area contributed by atoms with E-state index < -0.39 is 5.97 Å². The average Bonchev–Trinajstić information content (AvgIpc) is 3.44. The maximum Gasteiger partial charge on any atom is 0.303 e. The fourth-order valence-corrected chi connectivity index (χ4v) is 7.00. The van der Waals surface area contributed by atoms with Gasteiger partial charge < -0.3 is 4.74 Å². The normalized spacial score (nSPS) is 34.7. The lowest BCUT2D eigenvalue weighted by Crippen LogP contribution is -2.45. The molecule has 2 fully saturated rings. The molecule has 0 aromatic carbocycles. The van der Waals surface area contributed by atoms with Crippen molar-refractivity contribution in [2.45, 2.75) is 52.9 Å². The van der Waals surface area contributed by atoms with E-state index in [4.69, 9.17) is 4.74 Å². The van der Waals surface area contributed by atoms with E-state index in [0.717, 1.165) is 32.1 Å². The zero-order chi connectivity index (χ0) is 22.9. The number of ether oxygens (including phenoxy) is 1. The Hall–Kier alpha value is -2.27. The Bertz CT molecular complexity index is 968. The first-order valence-electron chi connectivity index (χ1n) is 11.5. The van der Waals surface area contributed by atoms with Gasteiger partial charge in [-0.1, -0.05) is 42.4 Å². The molecule has 0 bridgehead atoms. The molecule has 1 aromatic heterocycles. The maximum absolute atomic E-state index is 12.7. The predicted molar refractivity (Wildman–Crippen MR) is 126 cm³/mol. The molecule has 5 heteroatoms. The number of rotatable bonds is 3. The number of carbonyl (C=O) groups excluding carboxylic acids is 3. The van der Waals surface area contributed by atoms with Crippen LogP contribution in [0.3, 0.4) is 0 Å². The summed E-state index contributed by atoms with van der Waals surface area (Å²) in [7, 11) is 0. The minimum absolute atomic E-state index is 0.0344. The van der Waals surface area contributed by atoms with E-state index in [2.05, 4.69) is 26.0 Å². The van der Waals surface area contributed by atoms with E-state index in [1.165, 1.54) is 18.1 Å². The van der Waals surface area contributed by atoms with Crippen LogP contribution in [0.25, 0.3) is 0 Å². The molecule has 4 nitrogen and oxygen atoms in total. The first-order valence-corrected chi connectivity index (χ1v) is 12.5. The van der Waals surface area contributed by atoms with Crippen molar-refractivity contribution in [2.24, 2.45) is 28.6 Å². The van der Waals surface area contributed by atoms with Crippen LogP contribution in [-0.4, -0.2) is 24.1 Å². The van der Waals surface area contributed by atoms with Crippen LogP contribution in [0.15, 0.2) is 58.3 Å². The molecule has 0 spiro atoms. The number of fused-ring (bicyclic) bond motifs is 5. The number of esters is 1. The van der Waals surface area contributed by atoms with E-state index >= 15 is 0 Å². The topological polar surface area (TPSA) is 60.4 Å². The highest BCUT2D eigenvalue weighted by Crippen LogP contribution is 2.63. The minimum atomic E-state index is -0.396. The molecular weight excluding hydrogens is 420 g/mol. The third kappa shape index (κ3) is 4.07. The lowest BCUT2D eigenvalue weighted by molar-refractivity contribution is -0.148. The van der Waals surface area contributed by atoms with Crippen molar-refractivity contribution in [2.75, 3.05) is 6.61 Å². The Morgan fingerprint density at radius 2 is 1.91 bits per heavy atom.